The lowest BCUT2D eigenvalue weighted by molar-refractivity contribution is -0.145. The van der Waals surface area contributed by atoms with Gasteiger partial charge in [0, 0.05) is 25.8 Å². The Hall–Kier alpha value is -0.610. The van der Waals surface area contributed by atoms with Gasteiger partial charge < -0.3 is 9.47 Å². The van der Waals surface area contributed by atoms with Gasteiger partial charge in [0.15, 0.2) is 0 Å². The molecule has 1 unspecified atom stereocenters. The summed E-state index contributed by atoms with van der Waals surface area (Å²) in [6, 6.07) is 0.653. The lowest BCUT2D eigenvalue weighted by Crippen LogP contribution is -2.43. The Balaban J connectivity index is 4.20. The molecule has 0 saturated carbocycles. The zero-order valence-electron chi connectivity index (χ0n) is 11.2. The average Bonchev–Trinajstić information content (AvgIpc) is 2.22. The van der Waals surface area contributed by atoms with Gasteiger partial charge in [0.25, 0.3) is 0 Å². The summed E-state index contributed by atoms with van der Waals surface area (Å²) in [4.78, 5) is 13.6. The van der Waals surface area contributed by atoms with Crippen molar-refractivity contribution >= 4 is 5.97 Å². The molecule has 0 spiro atoms. The van der Waals surface area contributed by atoms with Gasteiger partial charge in [-0.15, -0.1) is 0 Å². The molecule has 0 N–H and O–H groups in total. The largest absolute Gasteiger partial charge is 0.465 e. The number of rotatable bonds is 8. The van der Waals surface area contributed by atoms with E-state index in [0.29, 0.717) is 31.8 Å². The number of ether oxygens (including phenoxy) is 2. The maximum atomic E-state index is 11.4. The zero-order valence-corrected chi connectivity index (χ0v) is 11.2. The number of hydrogen-bond acceptors (Lipinski definition) is 4. The molecule has 0 aliphatic heterocycles. The summed E-state index contributed by atoms with van der Waals surface area (Å²) in [5.41, 5.74) is 0. The average molecular weight is 231 g/mol. The topological polar surface area (TPSA) is 38.8 Å². The third-order valence-corrected chi connectivity index (χ3v) is 2.59. The van der Waals surface area contributed by atoms with E-state index in [1.807, 2.05) is 6.92 Å². The summed E-state index contributed by atoms with van der Waals surface area (Å²) in [6.45, 7) is 9.62. The molecule has 0 aromatic carbocycles. The van der Waals surface area contributed by atoms with Gasteiger partial charge in [-0.25, -0.2) is 0 Å². The van der Waals surface area contributed by atoms with Crippen molar-refractivity contribution in [2.24, 2.45) is 0 Å². The second-order valence-electron chi connectivity index (χ2n) is 4.20. The van der Waals surface area contributed by atoms with Crippen LogP contribution in [-0.4, -0.2) is 49.8 Å². The first kappa shape index (κ1) is 15.4. The number of esters is 1. The molecule has 0 amide bonds. The van der Waals surface area contributed by atoms with Gasteiger partial charge in [-0.3, -0.25) is 9.69 Å². The molecule has 0 bridgehead atoms. The van der Waals surface area contributed by atoms with E-state index >= 15 is 0 Å². The van der Waals surface area contributed by atoms with Crippen molar-refractivity contribution in [3.8, 4) is 0 Å². The molecule has 1 atom stereocenters. The molecule has 4 nitrogen and oxygen atoms in total. The van der Waals surface area contributed by atoms with E-state index in [4.69, 9.17) is 9.47 Å². The highest BCUT2D eigenvalue weighted by molar-refractivity contribution is 5.71. The molecule has 0 aliphatic rings. The van der Waals surface area contributed by atoms with E-state index in [1.165, 1.54) is 0 Å². The maximum absolute atomic E-state index is 11.4. The summed E-state index contributed by atoms with van der Waals surface area (Å²) in [5, 5.41) is 0. The summed E-state index contributed by atoms with van der Waals surface area (Å²) in [5.74, 6) is -0.152. The van der Waals surface area contributed by atoms with E-state index in [1.54, 1.807) is 7.11 Å². The second kappa shape index (κ2) is 8.53. The van der Waals surface area contributed by atoms with Gasteiger partial charge in [0.05, 0.1) is 13.2 Å². The van der Waals surface area contributed by atoms with E-state index in [9.17, 15) is 4.79 Å². The monoisotopic (exact) mass is 231 g/mol. The normalized spacial score (nSPS) is 13.2. The number of methoxy groups -OCH3 is 1. The van der Waals surface area contributed by atoms with E-state index in [0.717, 1.165) is 6.42 Å². The fraction of sp³-hybridized carbons (Fsp3) is 0.917. The lowest BCUT2D eigenvalue weighted by Gasteiger charge is -2.31. The Morgan fingerprint density at radius 1 is 1.31 bits per heavy atom. The van der Waals surface area contributed by atoms with Crippen LogP contribution in [0.5, 0.6) is 0 Å². The lowest BCUT2D eigenvalue weighted by atomic mass is 10.1. The first-order valence-corrected chi connectivity index (χ1v) is 5.93. The molecule has 4 heteroatoms. The third-order valence-electron chi connectivity index (χ3n) is 2.59. The minimum absolute atomic E-state index is 0.152. The minimum atomic E-state index is -0.152. The summed E-state index contributed by atoms with van der Waals surface area (Å²) >= 11 is 0. The van der Waals surface area contributed by atoms with Gasteiger partial charge in [-0.2, -0.15) is 0 Å². The third kappa shape index (κ3) is 6.08. The van der Waals surface area contributed by atoms with Crippen molar-refractivity contribution in [3.63, 3.8) is 0 Å². The van der Waals surface area contributed by atoms with Crippen LogP contribution in [0.25, 0.3) is 0 Å². The summed E-state index contributed by atoms with van der Waals surface area (Å²) in [7, 11) is 1.69. The molecule has 0 fully saturated rings. The predicted molar refractivity (Wildman–Crippen MR) is 64.4 cm³/mol. The Labute approximate surface area is 98.9 Å². The van der Waals surface area contributed by atoms with Crippen molar-refractivity contribution in [1.82, 2.24) is 4.90 Å². The summed E-state index contributed by atoms with van der Waals surface area (Å²) in [6.07, 6.45) is 0.925. The molecule has 0 saturated heterocycles. The van der Waals surface area contributed by atoms with Crippen LogP contribution in [0.1, 0.15) is 34.1 Å². The smallest absolute Gasteiger partial charge is 0.320 e. The van der Waals surface area contributed by atoms with Crippen LogP contribution in [0.15, 0.2) is 0 Å². The minimum Gasteiger partial charge on any atom is -0.465 e. The van der Waals surface area contributed by atoms with Gasteiger partial charge in [0.2, 0.25) is 0 Å². The van der Waals surface area contributed by atoms with Crippen molar-refractivity contribution in [1.29, 1.82) is 0 Å². The van der Waals surface area contributed by atoms with Crippen LogP contribution >= 0.6 is 0 Å². The Morgan fingerprint density at radius 3 is 2.38 bits per heavy atom. The van der Waals surface area contributed by atoms with E-state index in [2.05, 4.69) is 25.7 Å². The number of carbonyl (C=O) groups excluding carboxylic acids is 1. The van der Waals surface area contributed by atoms with Crippen LogP contribution in [-0.2, 0) is 14.3 Å². The van der Waals surface area contributed by atoms with Crippen LogP contribution in [0.3, 0.4) is 0 Å². The quantitative estimate of drug-likeness (QED) is 0.596. The van der Waals surface area contributed by atoms with Gasteiger partial charge >= 0.3 is 5.97 Å². The van der Waals surface area contributed by atoms with Crippen LogP contribution in [0.2, 0.25) is 0 Å². The molecule has 0 heterocycles. The molecular weight excluding hydrogens is 206 g/mol. The van der Waals surface area contributed by atoms with Crippen molar-refractivity contribution in [2.45, 2.75) is 46.2 Å². The van der Waals surface area contributed by atoms with E-state index in [-0.39, 0.29) is 5.97 Å². The first-order chi connectivity index (χ1) is 7.52. The molecule has 0 aliphatic carbocycles. The highest BCUT2D eigenvalue weighted by Crippen LogP contribution is 2.09. The molecule has 96 valence electrons. The number of hydrogen-bond donors (Lipinski definition) is 0. The molecule has 0 rings (SSSR count). The maximum Gasteiger partial charge on any atom is 0.320 e. The van der Waals surface area contributed by atoms with Gasteiger partial charge in [-0.1, -0.05) is 0 Å². The molecule has 0 aromatic heterocycles. The Morgan fingerprint density at radius 2 is 1.94 bits per heavy atom. The highest BCUT2D eigenvalue weighted by Gasteiger charge is 2.20. The fourth-order valence-electron chi connectivity index (χ4n) is 1.66. The van der Waals surface area contributed by atoms with Crippen molar-refractivity contribution in [2.75, 3.05) is 26.9 Å². The Bertz CT molecular complexity index is 195. The second-order valence-corrected chi connectivity index (χ2v) is 4.20. The highest BCUT2D eigenvalue weighted by atomic mass is 16.5. The van der Waals surface area contributed by atoms with Crippen LogP contribution in [0.4, 0.5) is 0 Å². The van der Waals surface area contributed by atoms with E-state index < -0.39 is 0 Å². The van der Waals surface area contributed by atoms with Crippen molar-refractivity contribution < 1.29 is 14.3 Å². The van der Waals surface area contributed by atoms with Crippen LogP contribution in [0, 0.1) is 0 Å². The molecular formula is C12H25NO3. The number of nitrogens with zero attached hydrogens (tertiary/aromatic N) is 1. The van der Waals surface area contributed by atoms with Crippen LogP contribution < -0.4 is 0 Å². The fourth-order valence-corrected chi connectivity index (χ4v) is 1.66. The summed E-state index contributed by atoms with van der Waals surface area (Å²) < 4.78 is 10.0. The van der Waals surface area contributed by atoms with Gasteiger partial charge in [-0.05, 0) is 34.1 Å². The predicted octanol–water partition coefficient (Wildman–Crippen LogP) is 1.68. The standard InChI is InChI=1S/C12H25NO3/c1-6-16-12(14)9-13(10(2)3)11(4)7-8-15-5/h10-11H,6-9H2,1-5H3. The Kier molecular flexibility index (Phi) is 8.21. The SMILES string of the molecule is CCOC(=O)CN(C(C)C)C(C)CCOC. The molecule has 0 radical (unpaired) electrons. The van der Waals surface area contributed by atoms with Crippen molar-refractivity contribution in [3.05, 3.63) is 0 Å². The first-order valence-electron chi connectivity index (χ1n) is 5.93. The number of carbonyl (C=O) groups is 1. The zero-order chi connectivity index (χ0) is 12.6. The van der Waals surface area contributed by atoms with Gasteiger partial charge in [0.1, 0.15) is 0 Å². The molecule has 16 heavy (non-hydrogen) atoms. The molecule has 0 aromatic rings.